The third kappa shape index (κ3) is 7.22. The summed E-state index contributed by atoms with van der Waals surface area (Å²) in [6.07, 6.45) is 0. The van der Waals surface area contributed by atoms with E-state index in [9.17, 15) is 9.59 Å². The van der Waals surface area contributed by atoms with Gasteiger partial charge in [0.15, 0.2) is 16.6 Å². The van der Waals surface area contributed by atoms with Crippen LogP contribution in [0, 0.1) is 0 Å². The molecule has 0 bridgehead atoms. The number of amides is 2. The van der Waals surface area contributed by atoms with Gasteiger partial charge in [0.1, 0.15) is 12.4 Å². The third-order valence-corrected chi connectivity index (χ3v) is 4.47. The van der Waals surface area contributed by atoms with Gasteiger partial charge in [0.2, 0.25) is 5.75 Å². The predicted molar refractivity (Wildman–Crippen MR) is 125 cm³/mol. The Morgan fingerprint density at radius 3 is 2.15 bits per heavy atom. The molecule has 2 rings (SSSR count). The second-order valence-electron chi connectivity index (χ2n) is 6.32. The van der Waals surface area contributed by atoms with E-state index < -0.39 is 11.8 Å². The highest BCUT2D eigenvalue weighted by molar-refractivity contribution is 7.80. The molecule has 33 heavy (non-hydrogen) atoms. The molecule has 2 aromatic rings. The number of nitrogens with one attached hydrogen (secondary N) is 3. The van der Waals surface area contributed by atoms with Crippen molar-refractivity contribution in [3.05, 3.63) is 47.5 Å². The molecule has 0 unspecified atom stereocenters. The molecule has 0 atom stereocenters. The number of carbonyl (C=O) groups is 2. The predicted octanol–water partition coefficient (Wildman–Crippen LogP) is 2.08. The van der Waals surface area contributed by atoms with E-state index in [0.717, 1.165) is 0 Å². The molecule has 11 heteroatoms. The summed E-state index contributed by atoms with van der Waals surface area (Å²) < 4.78 is 26.6. The van der Waals surface area contributed by atoms with Crippen molar-refractivity contribution in [2.45, 2.75) is 6.92 Å². The lowest BCUT2D eigenvalue weighted by molar-refractivity contribution is 0.0930. The number of benzene rings is 2. The van der Waals surface area contributed by atoms with Crippen molar-refractivity contribution >= 4 is 29.1 Å². The van der Waals surface area contributed by atoms with E-state index in [2.05, 4.69) is 16.2 Å². The summed E-state index contributed by atoms with van der Waals surface area (Å²) >= 11 is 5.11. The summed E-state index contributed by atoms with van der Waals surface area (Å²) in [4.78, 5) is 25.1. The smallest absolute Gasteiger partial charge is 0.269 e. The standard InChI is InChI=1S/C22H27N3O7S/c1-5-31-10-11-32-16-9-7-6-8-15(16)21(27)23-22(33)25-24-20(26)14-12-17(28-2)19(30-4)18(13-14)29-3/h6-9,12-13H,5,10-11H2,1-4H3,(H,24,26)(H2,23,25,27,33). The van der Waals surface area contributed by atoms with Crippen LogP contribution in [0.5, 0.6) is 23.0 Å². The molecule has 0 heterocycles. The molecule has 0 saturated heterocycles. The third-order valence-electron chi connectivity index (χ3n) is 4.26. The van der Waals surface area contributed by atoms with Gasteiger partial charge in [-0.3, -0.25) is 25.8 Å². The lowest BCUT2D eigenvalue weighted by atomic mass is 10.1. The molecule has 0 aliphatic rings. The Bertz CT molecular complexity index is 959. The van der Waals surface area contributed by atoms with Crippen molar-refractivity contribution in [3.8, 4) is 23.0 Å². The zero-order valence-electron chi connectivity index (χ0n) is 18.9. The van der Waals surface area contributed by atoms with Crippen molar-refractivity contribution in [1.29, 1.82) is 0 Å². The summed E-state index contributed by atoms with van der Waals surface area (Å²) in [7, 11) is 4.35. The van der Waals surface area contributed by atoms with Gasteiger partial charge in [-0.25, -0.2) is 0 Å². The van der Waals surface area contributed by atoms with E-state index in [0.29, 0.717) is 42.8 Å². The van der Waals surface area contributed by atoms with Crippen molar-refractivity contribution < 1.29 is 33.3 Å². The lowest BCUT2D eigenvalue weighted by Gasteiger charge is -2.15. The lowest BCUT2D eigenvalue weighted by Crippen LogP contribution is -2.48. The Hall–Kier alpha value is -3.57. The van der Waals surface area contributed by atoms with Crippen LogP contribution in [0.1, 0.15) is 27.6 Å². The minimum Gasteiger partial charge on any atom is -0.493 e. The Morgan fingerprint density at radius 2 is 1.55 bits per heavy atom. The van der Waals surface area contributed by atoms with Crippen LogP contribution < -0.4 is 35.1 Å². The Morgan fingerprint density at radius 1 is 0.879 bits per heavy atom. The SMILES string of the molecule is CCOCCOc1ccccc1C(=O)NC(=S)NNC(=O)c1cc(OC)c(OC)c(OC)c1. The molecule has 0 aliphatic heterocycles. The minimum absolute atomic E-state index is 0.107. The highest BCUT2D eigenvalue weighted by Gasteiger charge is 2.18. The second-order valence-corrected chi connectivity index (χ2v) is 6.73. The van der Waals surface area contributed by atoms with Crippen LogP contribution in [0.2, 0.25) is 0 Å². The molecule has 2 amide bonds. The van der Waals surface area contributed by atoms with Crippen LogP contribution in [0.4, 0.5) is 0 Å². The minimum atomic E-state index is -0.537. The number of methoxy groups -OCH3 is 3. The molecule has 2 aromatic carbocycles. The molecule has 3 N–H and O–H groups in total. The normalized spacial score (nSPS) is 10.1. The molecule has 178 valence electrons. The number of para-hydroxylation sites is 1. The van der Waals surface area contributed by atoms with Crippen LogP contribution in [-0.4, -0.2) is 58.1 Å². The van der Waals surface area contributed by atoms with Crippen LogP contribution in [-0.2, 0) is 4.74 Å². The fourth-order valence-electron chi connectivity index (χ4n) is 2.73. The quantitative estimate of drug-likeness (QED) is 0.269. The first kappa shape index (κ1) is 25.7. The summed E-state index contributed by atoms with van der Waals surface area (Å²) in [6.45, 7) is 3.16. The number of rotatable bonds is 10. The number of hydrazine groups is 1. The fraction of sp³-hybridized carbons (Fsp3) is 0.318. The van der Waals surface area contributed by atoms with Crippen molar-refractivity contribution in [3.63, 3.8) is 0 Å². The molecule has 10 nitrogen and oxygen atoms in total. The Balaban J connectivity index is 1.98. The van der Waals surface area contributed by atoms with Gasteiger partial charge < -0.3 is 23.7 Å². The highest BCUT2D eigenvalue weighted by atomic mass is 32.1. The second kappa shape index (κ2) is 13.1. The number of hydrogen-bond donors (Lipinski definition) is 3. The first-order chi connectivity index (χ1) is 15.9. The first-order valence-corrected chi connectivity index (χ1v) is 10.4. The van der Waals surface area contributed by atoms with E-state index in [-0.39, 0.29) is 16.2 Å². The van der Waals surface area contributed by atoms with Crippen LogP contribution in [0.15, 0.2) is 36.4 Å². The molecule has 0 fully saturated rings. The average molecular weight is 478 g/mol. The van der Waals surface area contributed by atoms with Gasteiger partial charge in [-0.1, -0.05) is 12.1 Å². The van der Waals surface area contributed by atoms with Gasteiger partial charge in [0.05, 0.1) is 33.5 Å². The van der Waals surface area contributed by atoms with Gasteiger partial charge >= 0.3 is 0 Å². The van der Waals surface area contributed by atoms with Crippen LogP contribution in [0.25, 0.3) is 0 Å². The van der Waals surface area contributed by atoms with Crippen LogP contribution in [0.3, 0.4) is 0 Å². The molecule has 0 radical (unpaired) electrons. The van der Waals surface area contributed by atoms with Crippen molar-refractivity contribution in [2.24, 2.45) is 0 Å². The highest BCUT2D eigenvalue weighted by Crippen LogP contribution is 2.38. The van der Waals surface area contributed by atoms with E-state index in [1.54, 1.807) is 24.3 Å². The van der Waals surface area contributed by atoms with Crippen molar-refractivity contribution in [2.75, 3.05) is 41.2 Å². The maximum atomic E-state index is 12.6. The van der Waals surface area contributed by atoms with Crippen molar-refractivity contribution in [1.82, 2.24) is 16.2 Å². The summed E-state index contributed by atoms with van der Waals surface area (Å²) in [5.74, 6) is 0.345. The molecule has 0 saturated carbocycles. The van der Waals surface area contributed by atoms with E-state index in [1.807, 2.05) is 6.92 Å². The van der Waals surface area contributed by atoms with Gasteiger partial charge in [-0.2, -0.15) is 0 Å². The Labute approximate surface area is 197 Å². The molecular weight excluding hydrogens is 450 g/mol. The number of ether oxygens (including phenoxy) is 5. The molecule has 0 spiro atoms. The van der Waals surface area contributed by atoms with Gasteiger partial charge in [0.25, 0.3) is 11.8 Å². The average Bonchev–Trinajstić information content (AvgIpc) is 2.84. The van der Waals surface area contributed by atoms with Crippen LogP contribution >= 0.6 is 12.2 Å². The molecule has 0 aliphatic carbocycles. The van der Waals surface area contributed by atoms with Gasteiger partial charge in [-0.05, 0) is 43.4 Å². The van der Waals surface area contributed by atoms with Gasteiger partial charge in [0, 0.05) is 12.2 Å². The van der Waals surface area contributed by atoms with Gasteiger partial charge in [-0.15, -0.1) is 0 Å². The first-order valence-electron chi connectivity index (χ1n) is 9.96. The van der Waals surface area contributed by atoms with E-state index in [4.69, 9.17) is 35.9 Å². The summed E-state index contributed by atoms with van der Waals surface area (Å²) in [5, 5.41) is 2.39. The number of thiocarbonyl (C=S) groups is 1. The van der Waals surface area contributed by atoms with E-state index >= 15 is 0 Å². The largest absolute Gasteiger partial charge is 0.493 e. The number of hydrogen-bond acceptors (Lipinski definition) is 8. The van der Waals surface area contributed by atoms with E-state index in [1.165, 1.54) is 33.5 Å². The summed E-state index contributed by atoms with van der Waals surface area (Å²) in [6, 6.07) is 9.69. The maximum absolute atomic E-state index is 12.6. The zero-order chi connectivity index (χ0) is 24.2. The molecular formula is C22H27N3O7S. The monoisotopic (exact) mass is 477 g/mol. The fourth-order valence-corrected chi connectivity index (χ4v) is 2.88. The molecule has 0 aromatic heterocycles. The number of carbonyl (C=O) groups excluding carboxylic acids is 2. The summed E-state index contributed by atoms with van der Waals surface area (Å²) in [5.41, 5.74) is 5.41. The zero-order valence-corrected chi connectivity index (χ0v) is 19.7. The maximum Gasteiger partial charge on any atom is 0.269 e. The Kier molecular flexibility index (Phi) is 10.2. The topological polar surface area (TPSA) is 116 Å².